The van der Waals surface area contributed by atoms with E-state index in [1.165, 1.54) is 0 Å². The van der Waals surface area contributed by atoms with Crippen molar-refractivity contribution in [2.24, 2.45) is 5.10 Å². The summed E-state index contributed by atoms with van der Waals surface area (Å²) in [5, 5.41) is 4.07. The van der Waals surface area contributed by atoms with Crippen molar-refractivity contribution in [3.05, 3.63) is 86.2 Å². The van der Waals surface area contributed by atoms with E-state index in [0.29, 0.717) is 5.56 Å². The molecule has 0 spiro atoms. The van der Waals surface area contributed by atoms with Gasteiger partial charge < -0.3 is 4.57 Å². The molecule has 4 nitrogen and oxygen atoms in total. The molecule has 0 unspecified atom stereocenters. The molecule has 1 amide bonds. The van der Waals surface area contributed by atoms with Gasteiger partial charge in [-0.25, -0.2) is 5.43 Å². The van der Waals surface area contributed by atoms with Crippen molar-refractivity contribution in [3.63, 3.8) is 0 Å². The van der Waals surface area contributed by atoms with E-state index in [1.54, 1.807) is 12.3 Å². The van der Waals surface area contributed by atoms with E-state index in [9.17, 15) is 4.79 Å². The van der Waals surface area contributed by atoms with Crippen molar-refractivity contribution in [2.75, 3.05) is 0 Å². The smallest absolute Gasteiger partial charge is 0.271 e. The van der Waals surface area contributed by atoms with Crippen molar-refractivity contribution in [1.29, 1.82) is 0 Å². The molecule has 0 aliphatic rings. The van der Waals surface area contributed by atoms with Gasteiger partial charge in [0.1, 0.15) is 0 Å². The van der Waals surface area contributed by atoms with Crippen LogP contribution in [0, 0.1) is 3.57 Å². The summed E-state index contributed by atoms with van der Waals surface area (Å²) in [6.07, 6.45) is 3.58. The number of hydrazone groups is 1. The van der Waals surface area contributed by atoms with Gasteiger partial charge in [-0.05, 0) is 71.1 Å². The molecule has 0 radical (unpaired) electrons. The average molecular weight is 494 g/mol. The van der Waals surface area contributed by atoms with Crippen LogP contribution in [-0.2, 0) is 0 Å². The van der Waals surface area contributed by atoms with Gasteiger partial charge in [-0.1, -0.05) is 28.1 Å². The zero-order valence-electron chi connectivity index (χ0n) is 12.5. The fraction of sp³-hybridized carbons (Fsp3) is 0. The molecule has 3 aromatic rings. The highest BCUT2D eigenvalue weighted by molar-refractivity contribution is 14.1. The van der Waals surface area contributed by atoms with E-state index < -0.39 is 0 Å². The Morgan fingerprint density at radius 1 is 1.12 bits per heavy atom. The summed E-state index contributed by atoms with van der Waals surface area (Å²) < 4.78 is 4.00. The fourth-order valence-corrected chi connectivity index (χ4v) is 3.14. The van der Waals surface area contributed by atoms with Gasteiger partial charge in [0.25, 0.3) is 5.91 Å². The number of amides is 1. The quantitative estimate of drug-likeness (QED) is 0.322. The normalized spacial score (nSPS) is 10.9. The molecule has 1 heterocycles. The van der Waals surface area contributed by atoms with E-state index in [2.05, 4.69) is 49.0 Å². The molecule has 0 aliphatic carbocycles. The van der Waals surface area contributed by atoms with Crippen LogP contribution in [0.1, 0.15) is 16.1 Å². The first-order valence-electron chi connectivity index (χ1n) is 7.16. The number of nitrogens with zero attached hydrogens (tertiary/aromatic N) is 2. The molecule has 0 bridgehead atoms. The number of carbonyl (C=O) groups is 1. The van der Waals surface area contributed by atoms with E-state index >= 15 is 0 Å². The Labute approximate surface area is 161 Å². The molecule has 1 N–H and O–H groups in total. The van der Waals surface area contributed by atoms with Gasteiger partial charge in [-0.15, -0.1) is 0 Å². The monoisotopic (exact) mass is 493 g/mol. The van der Waals surface area contributed by atoms with Gasteiger partial charge in [-0.3, -0.25) is 4.79 Å². The number of hydrogen-bond acceptors (Lipinski definition) is 2. The Morgan fingerprint density at radius 3 is 2.75 bits per heavy atom. The summed E-state index contributed by atoms with van der Waals surface area (Å²) >= 11 is 5.64. The summed E-state index contributed by atoms with van der Waals surface area (Å²) in [5.41, 5.74) is 5.03. The molecule has 0 fully saturated rings. The highest BCUT2D eigenvalue weighted by atomic mass is 127. The van der Waals surface area contributed by atoms with Gasteiger partial charge in [0, 0.05) is 25.5 Å². The lowest BCUT2D eigenvalue weighted by Gasteiger charge is -2.06. The highest BCUT2D eigenvalue weighted by Crippen LogP contribution is 2.17. The number of benzene rings is 2. The third-order valence-electron chi connectivity index (χ3n) is 3.32. The molecule has 3 rings (SSSR count). The van der Waals surface area contributed by atoms with E-state index in [4.69, 9.17) is 0 Å². The third kappa shape index (κ3) is 4.12. The average Bonchev–Trinajstić information content (AvgIpc) is 3.03. The van der Waals surface area contributed by atoms with Crippen LogP contribution in [0.5, 0.6) is 0 Å². The van der Waals surface area contributed by atoms with Crippen LogP contribution in [0.25, 0.3) is 5.69 Å². The van der Waals surface area contributed by atoms with Crippen LogP contribution >= 0.6 is 38.5 Å². The summed E-state index contributed by atoms with van der Waals surface area (Å²) in [6.45, 7) is 0. The number of aromatic nitrogens is 1. The predicted octanol–water partition coefficient (Wildman–Crippen LogP) is 4.61. The molecule has 6 heteroatoms. The van der Waals surface area contributed by atoms with Gasteiger partial charge in [-0.2, -0.15) is 5.10 Å². The first kappa shape index (κ1) is 16.9. The van der Waals surface area contributed by atoms with Gasteiger partial charge in [0.05, 0.1) is 11.9 Å². The molecule has 0 atom stereocenters. The maximum absolute atomic E-state index is 12.1. The Kier molecular flexibility index (Phi) is 5.47. The summed E-state index contributed by atoms with van der Waals surface area (Å²) in [4.78, 5) is 12.1. The second kappa shape index (κ2) is 7.76. The van der Waals surface area contributed by atoms with Crippen LogP contribution in [0.2, 0.25) is 0 Å². The second-order valence-electron chi connectivity index (χ2n) is 4.99. The topological polar surface area (TPSA) is 46.4 Å². The maximum atomic E-state index is 12.1. The van der Waals surface area contributed by atoms with Gasteiger partial charge >= 0.3 is 0 Å². The van der Waals surface area contributed by atoms with Crippen molar-refractivity contribution >= 4 is 50.6 Å². The number of carbonyl (C=O) groups excluding carboxylic acids is 1. The minimum atomic E-state index is -0.231. The molecule has 1 aromatic heterocycles. The lowest BCUT2D eigenvalue weighted by atomic mass is 10.2. The van der Waals surface area contributed by atoms with E-state index in [0.717, 1.165) is 19.4 Å². The van der Waals surface area contributed by atoms with Crippen molar-refractivity contribution in [2.45, 2.75) is 0 Å². The third-order valence-corrected chi connectivity index (χ3v) is 4.48. The summed E-state index contributed by atoms with van der Waals surface area (Å²) in [7, 11) is 0. The molecular formula is C18H13BrIN3O. The Balaban J connectivity index is 1.74. The zero-order valence-corrected chi connectivity index (χ0v) is 16.2. The molecule has 120 valence electrons. The maximum Gasteiger partial charge on any atom is 0.271 e. The van der Waals surface area contributed by atoms with Gasteiger partial charge in [0.2, 0.25) is 0 Å². The second-order valence-corrected chi connectivity index (χ2v) is 7.15. The highest BCUT2D eigenvalue weighted by Gasteiger charge is 2.05. The first-order valence-corrected chi connectivity index (χ1v) is 9.03. The Bertz CT molecular complexity index is 905. The molecule has 0 saturated heterocycles. The van der Waals surface area contributed by atoms with E-state index in [-0.39, 0.29) is 5.91 Å². The molecular weight excluding hydrogens is 481 g/mol. The Morgan fingerprint density at radius 2 is 1.96 bits per heavy atom. The molecule has 2 aromatic carbocycles. The summed E-state index contributed by atoms with van der Waals surface area (Å²) in [5.74, 6) is -0.231. The fourth-order valence-electron chi connectivity index (χ4n) is 2.21. The van der Waals surface area contributed by atoms with E-state index in [1.807, 2.05) is 65.4 Å². The lowest BCUT2D eigenvalue weighted by molar-refractivity contribution is 0.0955. The van der Waals surface area contributed by atoms with Crippen LogP contribution in [-0.4, -0.2) is 16.7 Å². The Hall–Kier alpha value is -1.93. The van der Waals surface area contributed by atoms with Crippen molar-refractivity contribution < 1.29 is 4.79 Å². The zero-order chi connectivity index (χ0) is 16.9. The van der Waals surface area contributed by atoms with Crippen molar-refractivity contribution in [1.82, 2.24) is 9.99 Å². The van der Waals surface area contributed by atoms with Gasteiger partial charge in [0.15, 0.2) is 0 Å². The van der Waals surface area contributed by atoms with Crippen molar-refractivity contribution in [3.8, 4) is 5.69 Å². The van der Waals surface area contributed by atoms with Crippen LogP contribution in [0.3, 0.4) is 0 Å². The minimum Gasteiger partial charge on any atom is -0.316 e. The lowest BCUT2D eigenvalue weighted by Crippen LogP contribution is -2.17. The van der Waals surface area contributed by atoms with Crippen LogP contribution < -0.4 is 5.43 Å². The predicted molar refractivity (Wildman–Crippen MR) is 108 cm³/mol. The summed E-state index contributed by atoms with van der Waals surface area (Å²) in [6, 6.07) is 19.2. The molecule has 0 saturated carbocycles. The van der Waals surface area contributed by atoms with Crippen LogP contribution in [0.15, 0.2) is 76.4 Å². The number of halogens is 2. The number of rotatable bonds is 4. The largest absolute Gasteiger partial charge is 0.316 e. The van der Waals surface area contributed by atoms with Crippen LogP contribution in [0.4, 0.5) is 0 Å². The number of nitrogens with one attached hydrogen (secondary N) is 1. The minimum absolute atomic E-state index is 0.231. The molecule has 0 aliphatic heterocycles. The SMILES string of the molecule is O=C(N/N=C\c1cccn1-c1cccc(Br)c1)c1cccc(I)c1. The first-order chi connectivity index (χ1) is 11.6. The number of hydrogen-bond donors (Lipinski definition) is 1. The molecule has 24 heavy (non-hydrogen) atoms. The standard InChI is InChI=1S/C18H13BrIN3O/c19-14-5-2-7-16(11-14)23-9-3-8-17(23)12-21-22-18(24)13-4-1-6-15(20)10-13/h1-12H,(H,22,24)/b21-12-.